The highest BCUT2D eigenvalue weighted by Crippen LogP contribution is 2.54. The Bertz CT molecular complexity index is 1250. The molecule has 1 saturated carbocycles. The number of hydrogen-bond donors (Lipinski definition) is 5. The molecule has 10 nitrogen and oxygen atoms in total. The first kappa shape index (κ1) is 32.0. The van der Waals surface area contributed by atoms with Gasteiger partial charge in [0.25, 0.3) is 0 Å². The number of amides is 1. The summed E-state index contributed by atoms with van der Waals surface area (Å²) in [5, 5.41) is 24.4. The van der Waals surface area contributed by atoms with Gasteiger partial charge in [-0.3, -0.25) is 14.4 Å². The highest BCUT2D eigenvalue weighted by molar-refractivity contribution is 6.15. The number of rotatable bonds is 8. The Morgan fingerprint density at radius 2 is 1.90 bits per heavy atom. The number of methoxy groups -OCH3 is 1. The zero-order valence-electron chi connectivity index (χ0n) is 24.4. The molecule has 224 valence electrons. The molecule has 0 saturated heterocycles. The Hall–Kier alpha value is -3.47. The maximum absolute atomic E-state index is 14.0. The molecule has 0 radical (unpaired) electrons. The minimum absolute atomic E-state index is 0.0276. The van der Waals surface area contributed by atoms with E-state index in [-0.39, 0.29) is 65.8 Å². The molecule has 41 heavy (non-hydrogen) atoms. The second kappa shape index (κ2) is 13.9. The number of Topliss-reactive ketones (excluding diaryl/α,β-unsaturated/α-hetero) is 2. The van der Waals surface area contributed by atoms with Crippen molar-refractivity contribution >= 4 is 18.0 Å². The zero-order valence-corrected chi connectivity index (χ0v) is 24.4. The smallest absolute Gasteiger partial charge is 0.204 e. The molecule has 0 aliphatic heterocycles. The third kappa shape index (κ3) is 6.72. The van der Waals surface area contributed by atoms with Gasteiger partial charge < -0.3 is 36.5 Å². The van der Waals surface area contributed by atoms with Gasteiger partial charge in [0.1, 0.15) is 11.5 Å². The van der Waals surface area contributed by atoms with Crippen molar-refractivity contribution in [1.82, 2.24) is 5.32 Å². The molecule has 1 fully saturated rings. The van der Waals surface area contributed by atoms with Gasteiger partial charge >= 0.3 is 0 Å². The predicted octanol–water partition coefficient (Wildman–Crippen LogP) is 3.09. The van der Waals surface area contributed by atoms with E-state index >= 15 is 0 Å². The minimum atomic E-state index is -0.257. The van der Waals surface area contributed by atoms with Crippen LogP contribution in [0.25, 0.3) is 0 Å². The standard InChI is InChI=1S/C29H35NO6.CH3NO.CH5N/c1-14(35-4)12-30-13-24(33)20-7-8-22(31)27-21(20)10-17-9-18-11-23(32)15(2)16(3)25(18)29(26(17)28(27)34)36-19-5-6-19;2-1-3;1-2/h7-8,14,17-19,25,30-32H,3,5-6,9-13H2,1-2,4H3;1H,(H2,2,3);2H2,1H3. The monoisotopic (exact) mass is 569 g/mol. The summed E-state index contributed by atoms with van der Waals surface area (Å²) in [6.45, 7) is 8.69. The van der Waals surface area contributed by atoms with Crippen LogP contribution in [-0.2, 0) is 20.7 Å². The average Bonchev–Trinajstić information content (AvgIpc) is 3.77. The van der Waals surface area contributed by atoms with Gasteiger partial charge in [0.05, 0.1) is 30.1 Å². The first-order valence-electron chi connectivity index (χ1n) is 14.0. The SMILES string of the molecule is C=C1C(C)=C(O)CC2CC3Cc4c(C(=O)CNCC(C)OC)ccc(O)c4C(=O)C3=C(OC3CC3)C12.CN.NC=O. The largest absolute Gasteiger partial charge is 0.512 e. The van der Waals surface area contributed by atoms with Crippen molar-refractivity contribution in [3.8, 4) is 5.75 Å². The lowest BCUT2D eigenvalue weighted by molar-refractivity contribution is -0.106. The highest BCUT2D eigenvalue weighted by atomic mass is 16.5. The molecule has 0 bridgehead atoms. The Balaban J connectivity index is 0.000000868. The number of nitrogens with one attached hydrogen (secondary N) is 1. The quantitative estimate of drug-likeness (QED) is 0.233. The number of aliphatic hydroxyl groups excluding tert-OH is 1. The number of nitrogens with two attached hydrogens (primary N) is 2. The third-order valence-electron chi connectivity index (χ3n) is 8.21. The number of aromatic hydroxyl groups is 1. The van der Waals surface area contributed by atoms with Crippen LogP contribution in [0.4, 0.5) is 0 Å². The normalized spacial score (nSPS) is 23.6. The van der Waals surface area contributed by atoms with E-state index in [0.717, 1.165) is 24.0 Å². The molecule has 0 aromatic heterocycles. The molecule has 4 aliphatic rings. The van der Waals surface area contributed by atoms with Crippen LogP contribution >= 0.6 is 0 Å². The fourth-order valence-electron chi connectivity index (χ4n) is 5.96. The molecule has 0 heterocycles. The molecule has 4 unspecified atom stereocenters. The van der Waals surface area contributed by atoms with Crippen LogP contribution < -0.4 is 16.8 Å². The molecule has 0 spiro atoms. The van der Waals surface area contributed by atoms with Crippen LogP contribution in [0.5, 0.6) is 5.75 Å². The van der Waals surface area contributed by atoms with E-state index in [2.05, 4.69) is 23.4 Å². The summed E-state index contributed by atoms with van der Waals surface area (Å²) in [5.74, 6) is 0.300. The molecule has 4 atom stereocenters. The Morgan fingerprint density at radius 1 is 1.24 bits per heavy atom. The minimum Gasteiger partial charge on any atom is -0.512 e. The number of ketones is 2. The van der Waals surface area contributed by atoms with Crippen LogP contribution in [0.3, 0.4) is 0 Å². The summed E-state index contributed by atoms with van der Waals surface area (Å²) >= 11 is 0. The topological polar surface area (TPSA) is 174 Å². The number of aliphatic hydroxyl groups is 1. The second-order valence-electron chi connectivity index (χ2n) is 10.8. The number of carbonyl (C=O) groups excluding carboxylic acids is 3. The lowest BCUT2D eigenvalue weighted by Crippen LogP contribution is -2.39. The van der Waals surface area contributed by atoms with Crippen LogP contribution in [0.1, 0.15) is 65.8 Å². The van der Waals surface area contributed by atoms with Crippen LogP contribution in [0.15, 0.2) is 46.9 Å². The van der Waals surface area contributed by atoms with Crippen molar-refractivity contribution < 1.29 is 34.1 Å². The van der Waals surface area contributed by atoms with Crippen molar-refractivity contribution in [2.45, 2.75) is 58.2 Å². The van der Waals surface area contributed by atoms with Gasteiger partial charge in [-0.25, -0.2) is 0 Å². The lowest BCUT2D eigenvalue weighted by Gasteiger charge is -2.44. The maximum atomic E-state index is 14.0. The number of hydrogen-bond acceptors (Lipinski definition) is 9. The molecule has 4 aliphatic carbocycles. The number of phenols is 1. The van der Waals surface area contributed by atoms with E-state index in [4.69, 9.17) is 14.3 Å². The van der Waals surface area contributed by atoms with Crippen LogP contribution in [0, 0.1) is 17.8 Å². The molecule has 1 aromatic rings. The van der Waals surface area contributed by atoms with Gasteiger partial charge in [-0.2, -0.15) is 0 Å². The number of fused-ring (bicyclic) bond motifs is 3. The second-order valence-corrected chi connectivity index (χ2v) is 10.8. The van der Waals surface area contributed by atoms with Gasteiger partial charge in [0.15, 0.2) is 11.6 Å². The van der Waals surface area contributed by atoms with E-state index in [0.29, 0.717) is 54.0 Å². The highest BCUT2D eigenvalue weighted by Gasteiger charge is 2.49. The number of phenolic OH excluding ortho intramolecular Hbond substituents is 1. The molecular formula is C31H43N3O7. The molecular weight excluding hydrogens is 526 g/mol. The number of allylic oxidation sites excluding steroid dienone is 4. The average molecular weight is 570 g/mol. The van der Waals surface area contributed by atoms with Gasteiger partial charge in [-0.1, -0.05) is 6.58 Å². The predicted molar refractivity (Wildman–Crippen MR) is 155 cm³/mol. The fraction of sp³-hybridized carbons (Fsp3) is 0.516. The Kier molecular flexibility index (Phi) is 10.9. The summed E-state index contributed by atoms with van der Waals surface area (Å²) in [6.07, 6.45) is 3.90. The molecule has 1 aromatic carbocycles. The number of benzene rings is 1. The van der Waals surface area contributed by atoms with E-state index in [1.165, 1.54) is 13.1 Å². The van der Waals surface area contributed by atoms with Gasteiger partial charge in [0.2, 0.25) is 6.41 Å². The van der Waals surface area contributed by atoms with Crippen LogP contribution in [0.2, 0.25) is 0 Å². The van der Waals surface area contributed by atoms with Gasteiger partial charge in [0, 0.05) is 37.1 Å². The van der Waals surface area contributed by atoms with Crippen molar-refractivity contribution in [1.29, 1.82) is 0 Å². The van der Waals surface area contributed by atoms with Crippen molar-refractivity contribution in [2.24, 2.45) is 29.2 Å². The first-order chi connectivity index (χ1) is 19.6. The van der Waals surface area contributed by atoms with E-state index in [9.17, 15) is 19.8 Å². The lowest BCUT2D eigenvalue weighted by atomic mass is 9.61. The summed E-state index contributed by atoms with van der Waals surface area (Å²) in [4.78, 5) is 35.7. The van der Waals surface area contributed by atoms with E-state index < -0.39 is 0 Å². The fourth-order valence-corrected chi connectivity index (χ4v) is 5.96. The first-order valence-corrected chi connectivity index (χ1v) is 14.0. The molecule has 10 heteroatoms. The number of primary amides is 1. The summed E-state index contributed by atoms with van der Waals surface area (Å²) in [7, 11) is 3.12. The summed E-state index contributed by atoms with van der Waals surface area (Å²) in [5.41, 5.74) is 12.1. The van der Waals surface area contributed by atoms with Crippen LogP contribution in [-0.4, -0.2) is 67.6 Å². The Labute approximate surface area is 241 Å². The zero-order chi connectivity index (χ0) is 30.4. The van der Waals surface area contributed by atoms with Crippen molar-refractivity contribution in [2.75, 3.05) is 27.2 Å². The number of carbonyl (C=O) groups is 3. The molecule has 7 N–H and O–H groups in total. The van der Waals surface area contributed by atoms with E-state index in [1.807, 2.05) is 13.8 Å². The summed E-state index contributed by atoms with van der Waals surface area (Å²) < 4.78 is 11.6. The number of ether oxygens (including phenoxy) is 2. The van der Waals surface area contributed by atoms with Gasteiger partial charge in [-0.15, -0.1) is 0 Å². The maximum Gasteiger partial charge on any atom is 0.204 e. The molecule has 1 amide bonds. The van der Waals surface area contributed by atoms with Gasteiger partial charge in [-0.05, 0) is 87.3 Å². The van der Waals surface area contributed by atoms with Crippen molar-refractivity contribution in [3.63, 3.8) is 0 Å². The van der Waals surface area contributed by atoms with E-state index in [1.54, 1.807) is 13.2 Å². The Morgan fingerprint density at radius 3 is 2.51 bits per heavy atom. The van der Waals surface area contributed by atoms with Crippen molar-refractivity contribution in [3.05, 3.63) is 63.6 Å². The molecule has 5 rings (SSSR count). The summed E-state index contributed by atoms with van der Waals surface area (Å²) in [6, 6.07) is 3.06. The third-order valence-corrected chi connectivity index (χ3v) is 8.21.